The number of aromatic nitrogens is 1. The van der Waals surface area contributed by atoms with Crippen LogP contribution in [0.5, 0.6) is 0 Å². The second kappa shape index (κ2) is 9.78. The van der Waals surface area contributed by atoms with Gasteiger partial charge >= 0.3 is 6.18 Å². The number of carbonyl (C=O) groups excluding carboxylic acids is 1. The van der Waals surface area contributed by atoms with Gasteiger partial charge < -0.3 is 5.32 Å². The molecule has 2 aromatic rings. The number of hydrogen-bond acceptors (Lipinski definition) is 3. The molecule has 0 aliphatic rings. The van der Waals surface area contributed by atoms with E-state index in [2.05, 4.69) is 10.3 Å². The maximum Gasteiger partial charge on any atom is 0.433 e. The summed E-state index contributed by atoms with van der Waals surface area (Å²) in [5.74, 6) is -0.208. The van der Waals surface area contributed by atoms with Crippen molar-refractivity contribution in [2.75, 3.05) is 0 Å². The minimum absolute atomic E-state index is 0.208. The Labute approximate surface area is 173 Å². The van der Waals surface area contributed by atoms with E-state index in [9.17, 15) is 18.0 Å². The van der Waals surface area contributed by atoms with Gasteiger partial charge in [-0.25, -0.2) is 0 Å². The first kappa shape index (κ1) is 22.7. The van der Waals surface area contributed by atoms with Crippen molar-refractivity contribution in [3.05, 3.63) is 82.0 Å². The zero-order valence-corrected chi connectivity index (χ0v) is 17.5. The van der Waals surface area contributed by atoms with Crippen LogP contribution in [-0.2, 0) is 6.18 Å². The first-order chi connectivity index (χ1) is 13.6. The molecule has 1 amide bonds. The number of nitrogens with zero attached hydrogens (tertiary/aromatic N) is 1. The van der Waals surface area contributed by atoms with Crippen LogP contribution >= 0.6 is 11.8 Å². The minimum Gasteiger partial charge on any atom is -0.345 e. The third kappa shape index (κ3) is 6.22. The van der Waals surface area contributed by atoms with Crippen LogP contribution in [0.4, 0.5) is 13.2 Å². The van der Waals surface area contributed by atoms with Gasteiger partial charge in [-0.3, -0.25) is 9.78 Å². The van der Waals surface area contributed by atoms with E-state index >= 15 is 0 Å². The van der Waals surface area contributed by atoms with E-state index in [1.54, 1.807) is 30.3 Å². The molecule has 1 unspecified atom stereocenters. The van der Waals surface area contributed by atoms with Crippen LogP contribution in [0.2, 0.25) is 0 Å². The third-order valence-electron chi connectivity index (χ3n) is 4.08. The molecule has 0 aliphatic carbocycles. The van der Waals surface area contributed by atoms with Crippen molar-refractivity contribution in [3.63, 3.8) is 0 Å². The second-order valence-corrected chi connectivity index (χ2v) is 7.69. The van der Waals surface area contributed by atoms with Crippen LogP contribution < -0.4 is 5.32 Å². The van der Waals surface area contributed by atoms with Crippen molar-refractivity contribution >= 4 is 22.6 Å². The highest BCUT2D eigenvalue weighted by atomic mass is 32.2. The van der Waals surface area contributed by atoms with Gasteiger partial charge in [0.1, 0.15) is 5.69 Å². The fourth-order valence-electron chi connectivity index (χ4n) is 2.63. The number of pyridine rings is 1. The predicted molar refractivity (Wildman–Crippen MR) is 112 cm³/mol. The van der Waals surface area contributed by atoms with Gasteiger partial charge in [-0.1, -0.05) is 41.6 Å². The predicted octanol–water partition coefficient (Wildman–Crippen LogP) is 6.31. The Balaban J connectivity index is 2.23. The highest BCUT2D eigenvalue weighted by Crippen LogP contribution is 2.39. The number of thioether (sulfide) groups is 1. The third-order valence-corrected chi connectivity index (χ3v) is 5.75. The Morgan fingerprint density at radius 1 is 1.14 bits per heavy atom. The van der Waals surface area contributed by atoms with Gasteiger partial charge in [0.15, 0.2) is 0 Å². The average Bonchev–Trinajstić information content (AvgIpc) is 2.68. The number of benzene rings is 1. The molecular weight excluding hydrogens is 397 g/mol. The SMILES string of the molecule is C/C=C(\SC(=C(C)C)c1ccnc(C(F)(F)F)c1)C(C)NC(=O)c1ccccc1. The Bertz CT molecular complexity index is 917. The standard InChI is InChI=1S/C22H23F3N2OS/c1-5-18(15(4)27-21(28)16-9-7-6-8-10-16)29-20(14(2)3)17-11-12-26-19(13-17)22(23,24)25/h5-13,15H,1-4H3,(H,27,28)/b18-5-. The smallest absolute Gasteiger partial charge is 0.345 e. The number of allylic oxidation sites excluding steroid dienone is 2. The van der Waals surface area contributed by atoms with Gasteiger partial charge in [0.05, 0.1) is 6.04 Å². The fraction of sp³-hybridized carbons (Fsp3) is 0.273. The highest BCUT2D eigenvalue weighted by molar-refractivity contribution is 8.11. The number of rotatable bonds is 6. The van der Waals surface area contributed by atoms with Gasteiger partial charge in [0.25, 0.3) is 5.91 Å². The topological polar surface area (TPSA) is 42.0 Å². The lowest BCUT2D eigenvalue weighted by atomic mass is 10.1. The van der Waals surface area contributed by atoms with E-state index in [-0.39, 0.29) is 11.9 Å². The summed E-state index contributed by atoms with van der Waals surface area (Å²) in [6.07, 6.45) is -1.49. The molecule has 154 valence electrons. The average molecular weight is 421 g/mol. The van der Waals surface area contributed by atoms with Crippen LogP contribution in [0.3, 0.4) is 0 Å². The molecule has 7 heteroatoms. The summed E-state index contributed by atoms with van der Waals surface area (Å²) in [6.45, 7) is 7.37. The molecule has 0 radical (unpaired) electrons. The lowest BCUT2D eigenvalue weighted by Gasteiger charge is -2.20. The molecule has 0 bridgehead atoms. The Hall–Kier alpha value is -2.54. The second-order valence-electron chi connectivity index (χ2n) is 6.61. The molecular formula is C22H23F3N2OS. The lowest BCUT2D eigenvalue weighted by Crippen LogP contribution is -2.33. The summed E-state index contributed by atoms with van der Waals surface area (Å²) >= 11 is 1.35. The molecule has 0 saturated carbocycles. The lowest BCUT2D eigenvalue weighted by molar-refractivity contribution is -0.141. The molecule has 1 aromatic heterocycles. The van der Waals surface area contributed by atoms with Crippen molar-refractivity contribution in [1.82, 2.24) is 10.3 Å². The van der Waals surface area contributed by atoms with Gasteiger partial charge in [0.2, 0.25) is 0 Å². The molecule has 1 aromatic carbocycles. The van der Waals surface area contributed by atoms with Crippen LogP contribution in [-0.4, -0.2) is 16.9 Å². The largest absolute Gasteiger partial charge is 0.433 e. The maximum absolute atomic E-state index is 13.0. The summed E-state index contributed by atoms with van der Waals surface area (Å²) in [4.78, 5) is 17.4. The minimum atomic E-state index is -4.51. The Kier molecular flexibility index (Phi) is 7.67. The zero-order chi connectivity index (χ0) is 21.6. The van der Waals surface area contributed by atoms with Crippen molar-refractivity contribution in [1.29, 1.82) is 0 Å². The van der Waals surface area contributed by atoms with Crippen molar-refractivity contribution in [3.8, 4) is 0 Å². The molecule has 1 atom stereocenters. The molecule has 3 nitrogen and oxygen atoms in total. The first-order valence-electron chi connectivity index (χ1n) is 9.04. The molecule has 0 spiro atoms. The number of amides is 1. The van der Waals surface area contributed by atoms with E-state index in [0.29, 0.717) is 16.0 Å². The number of alkyl halides is 3. The van der Waals surface area contributed by atoms with E-state index in [1.165, 1.54) is 11.8 Å². The van der Waals surface area contributed by atoms with E-state index in [1.807, 2.05) is 39.8 Å². The Morgan fingerprint density at radius 2 is 1.79 bits per heavy atom. The number of nitrogens with one attached hydrogen (secondary N) is 1. The molecule has 0 fully saturated rings. The molecule has 1 N–H and O–H groups in total. The van der Waals surface area contributed by atoms with Crippen LogP contribution in [0.25, 0.3) is 4.91 Å². The summed E-state index contributed by atoms with van der Waals surface area (Å²) < 4.78 is 39.1. The molecule has 2 rings (SSSR count). The number of halogens is 3. The van der Waals surface area contributed by atoms with Crippen LogP contribution in [0.1, 0.15) is 49.3 Å². The zero-order valence-electron chi connectivity index (χ0n) is 16.7. The van der Waals surface area contributed by atoms with E-state index in [0.717, 1.165) is 22.7 Å². The quantitative estimate of drug-likeness (QED) is 0.596. The maximum atomic E-state index is 13.0. The summed E-state index contributed by atoms with van der Waals surface area (Å²) in [6, 6.07) is 11.2. The van der Waals surface area contributed by atoms with Gasteiger partial charge in [-0.05, 0) is 57.5 Å². The van der Waals surface area contributed by atoms with Crippen LogP contribution in [0.15, 0.2) is 65.2 Å². The highest BCUT2D eigenvalue weighted by Gasteiger charge is 2.32. The molecule has 1 heterocycles. The van der Waals surface area contributed by atoms with Gasteiger partial charge in [-0.15, -0.1) is 0 Å². The van der Waals surface area contributed by atoms with Crippen molar-refractivity contribution in [2.24, 2.45) is 0 Å². The number of carbonyl (C=O) groups is 1. The number of hydrogen-bond donors (Lipinski definition) is 1. The summed E-state index contributed by atoms with van der Waals surface area (Å²) in [5, 5.41) is 2.94. The van der Waals surface area contributed by atoms with Crippen molar-refractivity contribution < 1.29 is 18.0 Å². The molecule has 0 aliphatic heterocycles. The van der Waals surface area contributed by atoms with Gasteiger partial charge in [-0.2, -0.15) is 13.2 Å². The summed E-state index contributed by atoms with van der Waals surface area (Å²) in [7, 11) is 0. The fourth-order valence-corrected chi connectivity index (χ4v) is 3.67. The monoisotopic (exact) mass is 420 g/mol. The summed E-state index contributed by atoms with van der Waals surface area (Å²) in [5.41, 5.74) is 0.932. The van der Waals surface area contributed by atoms with E-state index < -0.39 is 11.9 Å². The van der Waals surface area contributed by atoms with E-state index in [4.69, 9.17) is 0 Å². The molecule has 0 saturated heterocycles. The molecule has 29 heavy (non-hydrogen) atoms. The van der Waals surface area contributed by atoms with Crippen molar-refractivity contribution in [2.45, 2.75) is 39.9 Å². The van der Waals surface area contributed by atoms with Gasteiger partial charge in [0, 0.05) is 21.6 Å². The normalized spacial score (nSPS) is 13.0. The van der Waals surface area contributed by atoms with Crippen LogP contribution in [0, 0.1) is 0 Å². The first-order valence-corrected chi connectivity index (χ1v) is 9.86. The Morgan fingerprint density at radius 3 is 2.34 bits per heavy atom.